The van der Waals surface area contributed by atoms with E-state index in [0.717, 1.165) is 5.56 Å². The minimum atomic E-state index is -0.355. The van der Waals surface area contributed by atoms with Crippen molar-refractivity contribution < 1.29 is 23.5 Å². The van der Waals surface area contributed by atoms with Gasteiger partial charge in [-0.15, -0.1) is 0 Å². The molecule has 2 aliphatic heterocycles. The topological polar surface area (TPSA) is 59.1 Å². The van der Waals surface area contributed by atoms with Gasteiger partial charge in [-0.2, -0.15) is 0 Å². The number of ether oxygens (including phenoxy) is 2. The van der Waals surface area contributed by atoms with Gasteiger partial charge in [0.25, 0.3) is 5.91 Å². The highest BCUT2D eigenvalue weighted by Crippen LogP contribution is 2.25. The van der Waals surface area contributed by atoms with Crippen molar-refractivity contribution in [2.45, 2.75) is 13.0 Å². The van der Waals surface area contributed by atoms with Gasteiger partial charge in [-0.25, -0.2) is 4.39 Å². The lowest BCUT2D eigenvalue weighted by Gasteiger charge is -2.27. The number of benzene rings is 2. The van der Waals surface area contributed by atoms with Gasteiger partial charge in [0.1, 0.15) is 18.2 Å². The summed E-state index contributed by atoms with van der Waals surface area (Å²) in [5.41, 5.74) is 2.01. The minimum absolute atomic E-state index is 0.0435. The summed E-state index contributed by atoms with van der Waals surface area (Å²) in [5, 5.41) is 0. The van der Waals surface area contributed by atoms with Crippen LogP contribution in [-0.4, -0.2) is 61.1 Å². The number of morpholine rings is 1. The molecule has 1 fully saturated rings. The molecule has 6 nitrogen and oxygen atoms in total. The molecule has 4 rings (SSSR count). The van der Waals surface area contributed by atoms with E-state index in [-0.39, 0.29) is 24.1 Å². The van der Waals surface area contributed by atoms with Crippen LogP contribution in [-0.2, 0) is 22.5 Å². The zero-order chi connectivity index (χ0) is 20.2. The first-order valence-electron chi connectivity index (χ1n) is 9.75. The molecule has 1 saturated heterocycles. The van der Waals surface area contributed by atoms with Crippen molar-refractivity contribution in [2.75, 3.05) is 39.5 Å². The molecule has 0 N–H and O–H groups in total. The Morgan fingerprint density at radius 2 is 1.76 bits per heavy atom. The quantitative estimate of drug-likeness (QED) is 0.796. The van der Waals surface area contributed by atoms with Gasteiger partial charge in [0.15, 0.2) is 0 Å². The third-order valence-corrected chi connectivity index (χ3v) is 5.18. The summed E-state index contributed by atoms with van der Waals surface area (Å²) in [5.74, 6) is 0.186. The number of amides is 2. The molecule has 0 aromatic heterocycles. The Labute approximate surface area is 168 Å². The predicted octanol–water partition coefficient (Wildman–Crippen LogP) is 2.26. The SMILES string of the molecule is O=C(Cc1cccc(F)c1)N1CCOc2ccc(C(=O)N3CCOCC3)cc2C1. The van der Waals surface area contributed by atoms with Gasteiger partial charge in [-0.05, 0) is 35.9 Å². The number of halogens is 1. The maximum atomic E-state index is 13.4. The van der Waals surface area contributed by atoms with Crippen LogP contribution in [0.25, 0.3) is 0 Å². The highest BCUT2D eigenvalue weighted by Gasteiger charge is 2.23. The van der Waals surface area contributed by atoms with Gasteiger partial charge in [0.05, 0.1) is 26.2 Å². The second-order valence-electron chi connectivity index (χ2n) is 7.20. The van der Waals surface area contributed by atoms with E-state index in [4.69, 9.17) is 9.47 Å². The molecule has 2 aliphatic rings. The standard InChI is InChI=1S/C22H23FN2O4/c23-19-3-1-2-16(12-19)13-21(26)25-8-11-29-20-5-4-17(14-18(20)15-25)22(27)24-6-9-28-10-7-24/h1-5,12,14H,6-11,13,15H2. The highest BCUT2D eigenvalue weighted by atomic mass is 19.1. The number of carbonyl (C=O) groups excluding carboxylic acids is 2. The lowest BCUT2D eigenvalue weighted by atomic mass is 10.1. The van der Waals surface area contributed by atoms with Crippen molar-refractivity contribution >= 4 is 11.8 Å². The Balaban J connectivity index is 1.49. The number of hydrogen-bond donors (Lipinski definition) is 0. The third kappa shape index (κ3) is 4.56. The second kappa shape index (κ2) is 8.61. The minimum Gasteiger partial charge on any atom is -0.491 e. The van der Waals surface area contributed by atoms with E-state index in [2.05, 4.69) is 0 Å². The summed E-state index contributed by atoms with van der Waals surface area (Å²) < 4.78 is 24.5. The van der Waals surface area contributed by atoms with Crippen LogP contribution in [0.5, 0.6) is 5.75 Å². The Hall–Kier alpha value is -2.93. The van der Waals surface area contributed by atoms with Crippen LogP contribution >= 0.6 is 0 Å². The molecule has 2 aromatic carbocycles. The van der Waals surface area contributed by atoms with Gasteiger partial charge in [0.2, 0.25) is 5.91 Å². The van der Waals surface area contributed by atoms with E-state index in [1.807, 2.05) is 0 Å². The maximum absolute atomic E-state index is 13.4. The summed E-state index contributed by atoms with van der Waals surface area (Å²) in [6, 6.07) is 11.4. The second-order valence-corrected chi connectivity index (χ2v) is 7.20. The lowest BCUT2D eigenvalue weighted by Crippen LogP contribution is -2.40. The summed E-state index contributed by atoms with van der Waals surface area (Å²) >= 11 is 0. The van der Waals surface area contributed by atoms with Crippen molar-refractivity contribution in [3.63, 3.8) is 0 Å². The normalized spacial score (nSPS) is 16.6. The Morgan fingerprint density at radius 1 is 0.966 bits per heavy atom. The summed E-state index contributed by atoms with van der Waals surface area (Å²) in [6.07, 6.45) is 0.124. The molecule has 2 heterocycles. The van der Waals surface area contributed by atoms with Crippen LogP contribution in [0.3, 0.4) is 0 Å². The van der Waals surface area contributed by atoms with E-state index in [1.54, 1.807) is 40.1 Å². The van der Waals surface area contributed by atoms with Crippen molar-refractivity contribution in [3.05, 3.63) is 65.0 Å². The fourth-order valence-corrected chi connectivity index (χ4v) is 3.62. The van der Waals surface area contributed by atoms with Gasteiger partial charge < -0.3 is 19.3 Å². The van der Waals surface area contributed by atoms with E-state index in [9.17, 15) is 14.0 Å². The lowest BCUT2D eigenvalue weighted by molar-refractivity contribution is -0.131. The summed E-state index contributed by atoms with van der Waals surface area (Å²) in [4.78, 5) is 29.0. The molecular weight excluding hydrogens is 375 g/mol. The van der Waals surface area contributed by atoms with Crippen LogP contribution < -0.4 is 4.74 Å². The van der Waals surface area contributed by atoms with E-state index in [1.165, 1.54) is 12.1 Å². The maximum Gasteiger partial charge on any atom is 0.254 e. The average molecular weight is 398 g/mol. The predicted molar refractivity (Wildman–Crippen MR) is 104 cm³/mol. The zero-order valence-electron chi connectivity index (χ0n) is 16.1. The first-order chi connectivity index (χ1) is 14.1. The highest BCUT2D eigenvalue weighted by molar-refractivity contribution is 5.94. The average Bonchev–Trinajstić information content (AvgIpc) is 2.96. The molecule has 29 heavy (non-hydrogen) atoms. The van der Waals surface area contributed by atoms with Crippen molar-refractivity contribution in [1.29, 1.82) is 0 Å². The van der Waals surface area contributed by atoms with Gasteiger partial charge in [0, 0.05) is 30.8 Å². The van der Waals surface area contributed by atoms with Crippen LogP contribution in [0.2, 0.25) is 0 Å². The Morgan fingerprint density at radius 3 is 2.55 bits per heavy atom. The number of nitrogens with zero attached hydrogens (tertiary/aromatic N) is 2. The third-order valence-electron chi connectivity index (χ3n) is 5.18. The van der Waals surface area contributed by atoms with Gasteiger partial charge in [-0.3, -0.25) is 9.59 Å². The van der Waals surface area contributed by atoms with E-state index in [0.29, 0.717) is 62.9 Å². The first-order valence-corrected chi connectivity index (χ1v) is 9.75. The van der Waals surface area contributed by atoms with Crippen molar-refractivity contribution in [1.82, 2.24) is 9.80 Å². The molecule has 0 radical (unpaired) electrons. The number of hydrogen-bond acceptors (Lipinski definition) is 4. The fraction of sp³-hybridized carbons (Fsp3) is 0.364. The molecular formula is C22H23FN2O4. The monoisotopic (exact) mass is 398 g/mol. The molecule has 2 aromatic rings. The molecule has 2 amide bonds. The molecule has 0 atom stereocenters. The van der Waals surface area contributed by atoms with Crippen LogP contribution in [0.1, 0.15) is 21.5 Å². The molecule has 7 heteroatoms. The number of rotatable bonds is 3. The number of carbonyl (C=O) groups is 2. The largest absolute Gasteiger partial charge is 0.491 e. The van der Waals surface area contributed by atoms with Gasteiger partial charge >= 0.3 is 0 Å². The molecule has 0 aliphatic carbocycles. The van der Waals surface area contributed by atoms with Crippen molar-refractivity contribution in [3.8, 4) is 5.75 Å². The Kier molecular flexibility index (Phi) is 5.76. The Bertz CT molecular complexity index is 911. The smallest absolute Gasteiger partial charge is 0.254 e. The fourth-order valence-electron chi connectivity index (χ4n) is 3.62. The molecule has 0 unspecified atom stereocenters. The zero-order valence-corrected chi connectivity index (χ0v) is 16.1. The van der Waals surface area contributed by atoms with E-state index >= 15 is 0 Å². The molecule has 0 saturated carbocycles. The molecule has 0 bridgehead atoms. The van der Waals surface area contributed by atoms with E-state index < -0.39 is 0 Å². The van der Waals surface area contributed by atoms with Crippen molar-refractivity contribution in [2.24, 2.45) is 0 Å². The number of fused-ring (bicyclic) bond motifs is 1. The summed E-state index contributed by atoms with van der Waals surface area (Å²) in [6.45, 7) is 3.40. The first kappa shape index (κ1) is 19.4. The molecule has 152 valence electrons. The summed E-state index contributed by atoms with van der Waals surface area (Å²) in [7, 11) is 0. The molecule has 0 spiro atoms. The van der Waals surface area contributed by atoms with Crippen LogP contribution in [0.15, 0.2) is 42.5 Å². The van der Waals surface area contributed by atoms with Crippen LogP contribution in [0, 0.1) is 5.82 Å². The van der Waals surface area contributed by atoms with Gasteiger partial charge in [-0.1, -0.05) is 12.1 Å². The van der Waals surface area contributed by atoms with Crippen LogP contribution in [0.4, 0.5) is 4.39 Å².